The Morgan fingerprint density at radius 3 is 2.89 bits per heavy atom. The summed E-state index contributed by atoms with van der Waals surface area (Å²) in [5.74, 6) is 2.13. The van der Waals surface area contributed by atoms with E-state index in [-0.39, 0.29) is 0 Å². The SMILES string of the molecule is CCCCOc1cc(NC2CC2)nc(COC)n1. The minimum absolute atomic E-state index is 0.407. The van der Waals surface area contributed by atoms with E-state index in [1.54, 1.807) is 7.11 Å². The van der Waals surface area contributed by atoms with Crippen LogP contribution in [0.25, 0.3) is 0 Å². The predicted molar refractivity (Wildman–Crippen MR) is 69.8 cm³/mol. The zero-order chi connectivity index (χ0) is 12.8. The molecule has 1 heterocycles. The Labute approximate surface area is 108 Å². The van der Waals surface area contributed by atoms with Gasteiger partial charge in [-0.2, -0.15) is 4.98 Å². The van der Waals surface area contributed by atoms with Crippen molar-refractivity contribution in [2.75, 3.05) is 19.0 Å². The van der Waals surface area contributed by atoms with Gasteiger partial charge in [0.25, 0.3) is 0 Å². The molecule has 5 heteroatoms. The molecule has 0 spiro atoms. The third kappa shape index (κ3) is 4.14. The highest BCUT2D eigenvalue weighted by atomic mass is 16.5. The van der Waals surface area contributed by atoms with E-state index in [0.29, 0.717) is 31.0 Å². The maximum atomic E-state index is 5.63. The Balaban J connectivity index is 2.02. The van der Waals surface area contributed by atoms with E-state index in [1.807, 2.05) is 6.07 Å². The van der Waals surface area contributed by atoms with Gasteiger partial charge in [-0.3, -0.25) is 0 Å². The van der Waals surface area contributed by atoms with E-state index in [1.165, 1.54) is 12.8 Å². The van der Waals surface area contributed by atoms with Crippen LogP contribution in [-0.2, 0) is 11.3 Å². The highest BCUT2D eigenvalue weighted by molar-refractivity contribution is 5.40. The number of ether oxygens (including phenoxy) is 2. The molecule has 2 rings (SSSR count). The average molecular weight is 251 g/mol. The Kier molecular flexibility index (Phi) is 4.75. The molecule has 0 unspecified atom stereocenters. The number of aromatic nitrogens is 2. The van der Waals surface area contributed by atoms with Gasteiger partial charge in [0.15, 0.2) is 5.82 Å². The quantitative estimate of drug-likeness (QED) is 0.719. The molecule has 0 radical (unpaired) electrons. The smallest absolute Gasteiger partial charge is 0.218 e. The van der Waals surface area contributed by atoms with Crippen molar-refractivity contribution in [1.82, 2.24) is 9.97 Å². The fourth-order valence-electron chi connectivity index (χ4n) is 1.57. The Hall–Kier alpha value is -1.36. The van der Waals surface area contributed by atoms with E-state index >= 15 is 0 Å². The molecule has 1 aromatic heterocycles. The molecule has 0 aliphatic heterocycles. The predicted octanol–water partition coefficient (Wildman–Crippen LogP) is 2.38. The fraction of sp³-hybridized carbons (Fsp3) is 0.692. The van der Waals surface area contributed by atoms with Crippen molar-refractivity contribution in [3.8, 4) is 5.88 Å². The molecule has 1 N–H and O–H groups in total. The average Bonchev–Trinajstić information content (AvgIpc) is 3.13. The molecule has 0 bridgehead atoms. The van der Waals surface area contributed by atoms with Gasteiger partial charge in [0, 0.05) is 19.2 Å². The topological polar surface area (TPSA) is 56.3 Å². The van der Waals surface area contributed by atoms with Gasteiger partial charge < -0.3 is 14.8 Å². The number of methoxy groups -OCH3 is 1. The molecule has 0 amide bonds. The monoisotopic (exact) mass is 251 g/mol. The molecule has 1 aliphatic carbocycles. The second-order valence-corrected chi connectivity index (χ2v) is 4.56. The maximum Gasteiger partial charge on any atom is 0.218 e. The second kappa shape index (κ2) is 6.54. The van der Waals surface area contributed by atoms with E-state index in [0.717, 1.165) is 18.7 Å². The van der Waals surface area contributed by atoms with Crippen LogP contribution in [0, 0.1) is 0 Å². The maximum absolute atomic E-state index is 5.63. The van der Waals surface area contributed by atoms with Gasteiger partial charge in [-0.05, 0) is 19.3 Å². The first-order valence-electron chi connectivity index (χ1n) is 6.58. The molecular formula is C13H21N3O2. The summed E-state index contributed by atoms with van der Waals surface area (Å²) in [4.78, 5) is 8.73. The van der Waals surface area contributed by atoms with Crippen LogP contribution < -0.4 is 10.1 Å². The molecule has 0 atom stereocenters. The first kappa shape index (κ1) is 13.1. The summed E-state index contributed by atoms with van der Waals surface area (Å²) in [5, 5.41) is 3.36. The largest absolute Gasteiger partial charge is 0.478 e. The molecule has 0 aromatic carbocycles. The van der Waals surface area contributed by atoms with Crippen LogP contribution in [0.5, 0.6) is 5.88 Å². The van der Waals surface area contributed by atoms with Crippen molar-refractivity contribution in [3.05, 3.63) is 11.9 Å². The molecule has 1 fully saturated rings. The van der Waals surface area contributed by atoms with Crippen LogP contribution in [0.1, 0.15) is 38.4 Å². The zero-order valence-electron chi connectivity index (χ0n) is 11.1. The van der Waals surface area contributed by atoms with E-state index in [9.17, 15) is 0 Å². The second-order valence-electron chi connectivity index (χ2n) is 4.56. The summed E-state index contributed by atoms with van der Waals surface area (Å²) >= 11 is 0. The third-order valence-corrected chi connectivity index (χ3v) is 2.70. The number of nitrogens with zero attached hydrogens (tertiary/aromatic N) is 2. The number of anilines is 1. The van der Waals surface area contributed by atoms with Gasteiger partial charge >= 0.3 is 0 Å². The number of unbranched alkanes of at least 4 members (excludes halogenated alkanes) is 1. The van der Waals surface area contributed by atoms with Crippen LogP contribution >= 0.6 is 0 Å². The molecule has 18 heavy (non-hydrogen) atoms. The van der Waals surface area contributed by atoms with Crippen LogP contribution in [-0.4, -0.2) is 29.7 Å². The molecule has 100 valence electrons. The Morgan fingerprint density at radius 2 is 2.22 bits per heavy atom. The third-order valence-electron chi connectivity index (χ3n) is 2.70. The number of rotatable bonds is 8. The Morgan fingerprint density at radius 1 is 1.39 bits per heavy atom. The lowest BCUT2D eigenvalue weighted by Crippen LogP contribution is -2.08. The van der Waals surface area contributed by atoms with E-state index in [4.69, 9.17) is 9.47 Å². The molecular weight excluding hydrogens is 230 g/mol. The van der Waals surface area contributed by atoms with Crippen molar-refractivity contribution in [3.63, 3.8) is 0 Å². The van der Waals surface area contributed by atoms with Gasteiger partial charge in [-0.1, -0.05) is 13.3 Å². The molecule has 1 saturated carbocycles. The summed E-state index contributed by atoms with van der Waals surface area (Å²) in [7, 11) is 1.64. The number of hydrogen-bond donors (Lipinski definition) is 1. The van der Waals surface area contributed by atoms with E-state index in [2.05, 4.69) is 22.2 Å². The minimum atomic E-state index is 0.407. The van der Waals surface area contributed by atoms with Gasteiger partial charge in [0.1, 0.15) is 12.4 Å². The van der Waals surface area contributed by atoms with Gasteiger partial charge in [-0.15, -0.1) is 0 Å². The summed E-state index contributed by atoms with van der Waals surface area (Å²) in [5.41, 5.74) is 0. The van der Waals surface area contributed by atoms with Crippen molar-refractivity contribution in [2.45, 2.75) is 45.3 Å². The summed E-state index contributed by atoms with van der Waals surface area (Å²) in [6.07, 6.45) is 4.59. The van der Waals surface area contributed by atoms with Crippen LogP contribution in [0.4, 0.5) is 5.82 Å². The first-order valence-corrected chi connectivity index (χ1v) is 6.58. The summed E-state index contributed by atoms with van der Waals surface area (Å²) in [6.45, 7) is 3.24. The van der Waals surface area contributed by atoms with Crippen molar-refractivity contribution < 1.29 is 9.47 Å². The lowest BCUT2D eigenvalue weighted by atomic mass is 10.4. The van der Waals surface area contributed by atoms with Crippen molar-refractivity contribution >= 4 is 5.82 Å². The van der Waals surface area contributed by atoms with Crippen molar-refractivity contribution in [1.29, 1.82) is 0 Å². The lowest BCUT2D eigenvalue weighted by Gasteiger charge is -2.10. The number of hydrogen-bond acceptors (Lipinski definition) is 5. The molecule has 5 nitrogen and oxygen atoms in total. The lowest BCUT2D eigenvalue weighted by molar-refractivity contribution is 0.176. The summed E-state index contributed by atoms with van der Waals surface area (Å²) < 4.78 is 10.7. The van der Waals surface area contributed by atoms with Crippen molar-refractivity contribution in [2.24, 2.45) is 0 Å². The van der Waals surface area contributed by atoms with Gasteiger partial charge in [0.05, 0.1) is 6.61 Å². The summed E-state index contributed by atoms with van der Waals surface area (Å²) in [6, 6.07) is 2.44. The van der Waals surface area contributed by atoms with Crippen LogP contribution in [0.3, 0.4) is 0 Å². The first-order chi connectivity index (χ1) is 8.81. The van der Waals surface area contributed by atoms with Crippen LogP contribution in [0.15, 0.2) is 6.07 Å². The highest BCUT2D eigenvalue weighted by Gasteiger charge is 2.22. The van der Waals surface area contributed by atoms with Crippen LogP contribution in [0.2, 0.25) is 0 Å². The highest BCUT2D eigenvalue weighted by Crippen LogP contribution is 2.25. The zero-order valence-corrected chi connectivity index (χ0v) is 11.1. The molecule has 1 aromatic rings. The van der Waals surface area contributed by atoms with Gasteiger partial charge in [-0.25, -0.2) is 4.98 Å². The normalized spacial score (nSPS) is 14.6. The van der Waals surface area contributed by atoms with E-state index < -0.39 is 0 Å². The minimum Gasteiger partial charge on any atom is -0.478 e. The Bertz CT molecular complexity index is 380. The molecule has 0 saturated heterocycles. The fourth-order valence-corrected chi connectivity index (χ4v) is 1.57. The standard InChI is InChI=1S/C13H21N3O2/c1-3-4-7-18-13-8-11(14-10-5-6-10)15-12(16-13)9-17-2/h8,10H,3-7,9H2,1-2H3,(H,14,15,16). The van der Waals surface area contributed by atoms with Gasteiger partial charge in [0.2, 0.25) is 5.88 Å². The number of nitrogens with one attached hydrogen (secondary N) is 1. The molecule has 1 aliphatic rings.